The normalized spacial score (nSPS) is 11.0. The molecule has 3 aromatic heterocycles. The van der Waals surface area contributed by atoms with Gasteiger partial charge in [-0.3, -0.25) is 9.78 Å². The lowest BCUT2D eigenvalue weighted by Gasteiger charge is -2.04. The van der Waals surface area contributed by atoms with E-state index in [0.29, 0.717) is 5.69 Å². The van der Waals surface area contributed by atoms with Crippen LogP contribution >= 0.6 is 0 Å². The van der Waals surface area contributed by atoms with Gasteiger partial charge in [0.25, 0.3) is 0 Å². The van der Waals surface area contributed by atoms with Gasteiger partial charge in [-0.1, -0.05) is 6.07 Å². The Morgan fingerprint density at radius 2 is 2.00 bits per heavy atom. The summed E-state index contributed by atoms with van der Waals surface area (Å²) in [6, 6.07) is 7.23. The van der Waals surface area contributed by atoms with E-state index >= 15 is 0 Å². The monoisotopic (exact) mass is 353 g/mol. The van der Waals surface area contributed by atoms with Gasteiger partial charge >= 0.3 is 0 Å². The number of halogens is 2. The summed E-state index contributed by atoms with van der Waals surface area (Å²) in [7, 11) is 0. The lowest BCUT2D eigenvalue weighted by molar-refractivity contribution is -0.115. The first-order valence-corrected chi connectivity index (χ1v) is 7.82. The van der Waals surface area contributed by atoms with Crippen LogP contribution in [0.15, 0.2) is 55.1 Å². The van der Waals surface area contributed by atoms with Crippen LogP contribution in [0.5, 0.6) is 0 Å². The molecule has 2 N–H and O–H groups in total. The van der Waals surface area contributed by atoms with E-state index < -0.39 is 11.6 Å². The van der Waals surface area contributed by atoms with Gasteiger partial charge in [-0.25, -0.2) is 13.5 Å². The Morgan fingerprint density at radius 1 is 1.19 bits per heavy atom. The van der Waals surface area contributed by atoms with Crippen molar-refractivity contribution in [2.75, 3.05) is 5.32 Å². The predicted molar refractivity (Wildman–Crippen MR) is 91.9 cm³/mol. The van der Waals surface area contributed by atoms with Crippen LogP contribution in [-0.2, 0) is 11.2 Å². The third-order valence-electron chi connectivity index (χ3n) is 3.90. The minimum atomic E-state index is -0.740. The standard InChI is InChI=1S/C18H13F2N5O/c19-13-3-1-4-14(20)18(13)25-10-12(9-23-25)24-16(26)7-11-8-22-15-5-2-6-21-17(11)15/h1-6,8-10,22H,7H2,(H,24,26). The second kappa shape index (κ2) is 6.40. The van der Waals surface area contributed by atoms with Gasteiger partial charge in [0.2, 0.25) is 5.91 Å². The van der Waals surface area contributed by atoms with E-state index in [1.165, 1.54) is 18.5 Å². The summed E-state index contributed by atoms with van der Waals surface area (Å²) in [5.41, 5.74) is 2.37. The van der Waals surface area contributed by atoms with Crippen LogP contribution in [0.2, 0.25) is 0 Å². The molecule has 0 aliphatic rings. The van der Waals surface area contributed by atoms with Crippen molar-refractivity contribution in [3.05, 3.63) is 72.3 Å². The van der Waals surface area contributed by atoms with Gasteiger partial charge in [0.05, 0.1) is 35.5 Å². The number of nitrogens with one attached hydrogen (secondary N) is 2. The van der Waals surface area contributed by atoms with Crippen LogP contribution in [0.4, 0.5) is 14.5 Å². The molecule has 4 rings (SSSR count). The zero-order valence-electron chi connectivity index (χ0n) is 13.4. The van der Waals surface area contributed by atoms with Crippen molar-refractivity contribution < 1.29 is 13.6 Å². The van der Waals surface area contributed by atoms with Gasteiger partial charge < -0.3 is 10.3 Å². The third-order valence-corrected chi connectivity index (χ3v) is 3.90. The van der Waals surface area contributed by atoms with Gasteiger partial charge in [0.1, 0.15) is 5.69 Å². The summed E-state index contributed by atoms with van der Waals surface area (Å²) in [4.78, 5) is 19.6. The van der Waals surface area contributed by atoms with Crippen LogP contribution in [0.1, 0.15) is 5.56 Å². The number of hydrogen-bond acceptors (Lipinski definition) is 3. The van der Waals surface area contributed by atoms with E-state index in [1.54, 1.807) is 18.5 Å². The number of amides is 1. The number of anilines is 1. The Labute approximate surface area is 146 Å². The van der Waals surface area contributed by atoms with Gasteiger partial charge in [0.15, 0.2) is 11.6 Å². The fourth-order valence-electron chi connectivity index (χ4n) is 2.74. The maximum atomic E-state index is 13.8. The maximum absolute atomic E-state index is 13.8. The van der Waals surface area contributed by atoms with Crippen molar-refractivity contribution in [1.82, 2.24) is 19.7 Å². The molecule has 130 valence electrons. The number of aromatic amines is 1. The number of carbonyl (C=O) groups is 1. The Bertz CT molecular complexity index is 1080. The number of fused-ring (bicyclic) bond motifs is 1. The first-order valence-electron chi connectivity index (χ1n) is 7.82. The van der Waals surface area contributed by atoms with Crippen molar-refractivity contribution >= 4 is 22.6 Å². The molecule has 4 aromatic rings. The molecule has 6 nitrogen and oxygen atoms in total. The Morgan fingerprint density at radius 3 is 2.81 bits per heavy atom. The highest BCUT2D eigenvalue weighted by Crippen LogP contribution is 2.19. The van der Waals surface area contributed by atoms with E-state index in [1.807, 2.05) is 6.07 Å². The fourth-order valence-corrected chi connectivity index (χ4v) is 2.74. The molecule has 0 fully saturated rings. The number of hydrogen-bond donors (Lipinski definition) is 2. The van der Waals surface area contributed by atoms with E-state index in [0.717, 1.165) is 33.4 Å². The first-order chi connectivity index (χ1) is 12.6. The van der Waals surface area contributed by atoms with Gasteiger partial charge in [0, 0.05) is 18.0 Å². The Balaban J connectivity index is 1.51. The number of para-hydroxylation sites is 1. The molecular weight excluding hydrogens is 340 g/mol. The average Bonchev–Trinajstić information content (AvgIpc) is 3.23. The highest BCUT2D eigenvalue weighted by molar-refractivity contribution is 5.94. The summed E-state index contributed by atoms with van der Waals surface area (Å²) >= 11 is 0. The summed E-state index contributed by atoms with van der Waals surface area (Å²) in [5.74, 6) is -1.77. The number of pyridine rings is 1. The molecule has 1 amide bonds. The smallest absolute Gasteiger partial charge is 0.229 e. The quantitative estimate of drug-likeness (QED) is 0.592. The Kier molecular flexibility index (Phi) is 3.92. The van der Waals surface area contributed by atoms with E-state index in [4.69, 9.17) is 0 Å². The third kappa shape index (κ3) is 2.92. The van der Waals surface area contributed by atoms with Crippen LogP contribution in [0.3, 0.4) is 0 Å². The largest absolute Gasteiger partial charge is 0.360 e. The summed E-state index contributed by atoms with van der Waals surface area (Å²) in [5, 5.41) is 6.58. The van der Waals surface area contributed by atoms with Crippen LogP contribution in [0, 0.1) is 11.6 Å². The van der Waals surface area contributed by atoms with E-state index in [9.17, 15) is 13.6 Å². The van der Waals surface area contributed by atoms with Crippen molar-refractivity contribution in [2.24, 2.45) is 0 Å². The average molecular weight is 353 g/mol. The molecule has 0 atom stereocenters. The van der Waals surface area contributed by atoms with Crippen molar-refractivity contribution in [1.29, 1.82) is 0 Å². The molecule has 0 unspecified atom stereocenters. The molecule has 8 heteroatoms. The molecule has 0 aliphatic carbocycles. The second-order valence-corrected chi connectivity index (χ2v) is 5.68. The molecular formula is C18H13F2N5O. The number of nitrogens with zero attached hydrogens (tertiary/aromatic N) is 3. The van der Waals surface area contributed by atoms with Crippen molar-refractivity contribution in [2.45, 2.75) is 6.42 Å². The maximum Gasteiger partial charge on any atom is 0.229 e. The summed E-state index contributed by atoms with van der Waals surface area (Å²) in [6.07, 6.45) is 6.18. The topological polar surface area (TPSA) is 75.6 Å². The van der Waals surface area contributed by atoms with Crippen LogP contribution in [-0.4, -0.2) is 25.7 Å². The number of rotatable bonds is 4. The molecule has 0 bridgehead atoms. The Hall–Kier alpha value is -3.55. The SMILES string of the molecule is O=C(Cc1c[nH]c2cccnc12)Nc1cnn(-c2c(F)cccc2F)c1. The van der Waals surface area contributed by atoms with Gasteiger partial charge in [-0.15, -0.1) is 0 Å². The molecule has 0 spiro atoms. The number of carbonyl (C=O) groups excluding carboxylic acids is 1. The number of benzene rings is 1. The van der Waals surface area contributed by atoms with Crippen molar-refractivity contribution in [3.8, 4) is 5.69 Å². The van der Waals surface area contributed by atoms with Crippen molar-refractivity contribution in [3.63, 3.8) is 0 Å². The van der Waals surface area contributed by atoms with Gasteiger partial charge in [-0.2, -0.15) is 5.10 Å². The molecule has 1 aromatic carbocycles. The highest BCUT2D eigenvalue weighted by Gasteiger charge is 2.14. The van der Waals surface area contributed by atoms with Crippen LogP contribution < -0.4 is 5.32 Å². The predicted octanol–water partition coefficient (Wildman–Crippen LogP) is 3.21. The minimum Gasteiger partial charge on any atom is -0.360 e. The first kappa shape index (κ1) is 15.9. The zero-order chi connectivity index (χ0) is 18.1. The summed E-state index contributed by atoms with van der Waals surface area (Å²) in [6.45, 7) is 0. The molecule has 0 aliphatic heterocycles. The molecule has 26 heavy (non-hydrogen) atoms. The zero-order valence-corrected chi connectivity index (χ0v) is 13.4. The lowest BCUT2D eigenvalue weighted by atomic mass is 10.2. The lowest BCUT2D eigenvalue weighted by Crippen LogP contribution is -2.14. The van der Waals surface area contributed by atoms with Gasteiger partial charge in [-0.05, 0) is 24.3 Å². The molecule has 3 heterocycles. The molecule has 0 radical (unpaired) electrons. The fraction of sp³-hybridized carbons (Fsp3) is 0.0556. The van der Waals surface area contributed by atoms with E-state index in [-0.39, 0.29) is 18.0 Å². The second-order valence-electron chi connectivity index (χ2n) is 5.68. The number of H-pyrrole nitrogens is 1. The molecule has 0 saturated carbocycles. The van der Waals surface area contributed by atoms with Crippen LogP contribution in [0.25, 0.3) is 16.7 Å². The van der Waals surface area contributed by atoms with E-state index in [2.05, 4.69) is 20.4 Å². The summed E-state index contributed by atoms with van der Waals surface area (Å²) < 4.78 is 28.7. The minimum absolute atomic E-state index is 0.107. The number of aromatic nitrogens is 4. The molecule has 0 saturated heterocycles. The highest BCUT2D eigenvalue weighted by atomic mass is 19.1.